The Morgan fingerprint density at radius 3 is 2.55 bits per heavy atom. The van der Waals surface area contributed by atoms with Crippen molar-refractivity contribution in [2.45, 2.75) is 12.8 Å². The first-order valence-electron chi connectivity index (χ1n) is 14.0. The second kappa shape index (κ2) is 9.98. The van der Waals surface area contributed by atoms with Gasteiger partial charge in [-0.2, -0.15) is 5.10 Å². The van der Waals surface area contributed by atoms with Crippen LogP contribution in [-0.4, -0.2) is 57.8 Å². The Balaban J connectivity index is 1.46. The summed E-state index contributed by atoms with van der Waals surface area (Å²) in [6.07, 6.45) is 8.85. The van der Waals surface area contributed by atoms with Crippen LogP contribution in [0.25, 0.3) is 50.4 Å². The number of nitrogens with one attached hydrogen (secondary N) is 1. The van der Waals surface area contributed by atoms with Crippen LogP contribution in [0.5, 0.6) is 0 Å². The summed E-state index contributed by atoms with van der Waals surface area (Å²) < 4.78 is 30.1. The zero-order valence-electron chi connectivity index (χ0n) is 24.0. The molecular weight excluding hydrogens is 537 g/mol. The van der Waals surface area contributed by atoms with Gasteiger partial charge < -0.3 is 14.6 Å². The molecule has 0 amide bonds. The van der Waals surface area contributed by atoms with Crippen LogP contribution in [-0.2, 0) is 32.9 Å². The molecule has 0 radical (unpaired) electrons. The third kappa shape index (κ3) is 4.21. The van der Waals surface area contributed by atoms with Crippen molar-refractivity contribution in [1.82, 2.24) is 38.0 Å². The highest BCUT2D eigenvalue weighted by atomic mass is 19.1. The lowest BCUT2D eigenvalue weighted by molar-refractivity contribution is 0.0699. The minimum absolute atomic E-state index is 0.120. The number of hydrogen-bond acceptors (Lipinski definition) is 6. The summed E-state index contributed by atoms with van der Waals surface area (Å²) in [5, 5.41) is 7.85. The second-order valence-corrected chi connectivity index (χ2v) is 11.1. The van der Waals surface area contributed by atoms with Crippen LogP contribution in [0.15, 0.2) is 54.0 Å². The third-order valence-electron chi connectivity index (χ3n) is 8.33. The average Bonchev–Trinajstić information content (AvgIpc) is 3.75. The van der Waals surface area contributed by atoms with Gasteiger partial charge in [0.2, 0.25) is 0 Å². The molecule has 2 aromatic carbocycles. The van der Waals surface area contributed by atoms with Gasteiger partial charge >= 0.3 is 5.69 Å². The standard InChI is InChI=1S/C30H32FN9O2/c1-36-17-32-15-27(36)29-35-23-11-21(19-14-34-37(2)16-19)22(31)12-25(23)40(29)20-9-24(33-13-18-5-7-42-8-6-18)28-26(10-20)38(3)30(41)39(28)4/h9-12,14-18,33H,5-8,13H2,1-4H3. The van der Waals surface area contributed by atoms with E-state index in [0.29, 0.717) is 33.9 Å². The molecule has 7 rings (SSSR count). The maximum atomic E-state index is 15.8. The predicted octanol–water partition coefficient (Wildman–Crippen LogP) is 3.99. The summed E-state index contributed by atoms with van der Waals surface area (Å²) in [6, 6.07) is 7.27. The number of hydrogen-bond donors (Lipinski definition) is 1. The van der Waals surface area contributed by atoms with Crippen molar-refractivity contribution in [2.75, 3.05) is 25.1 Å². The number of nitrogens with zero attached hydrogens (tertiary/aromatic N) is 8. The molecule has 0 atom stereocenters. The fourth-order valence-corrected chi connectivity index (χ4v) is 5.99. The fourth-order valence-electron chi connectivity index (χ4n) is 5.99. The Hall–Kier alpha value is -4.71. The molecule has 11 nitrogen and oxygen atoms in total. The van der Waals surface area contributed by atoms with Gasteiger partial charge in [0.25, 0.3) is 0 Å². The number of imidazole rings is 3. The van der Waals surface area contributed by atoms with Gasteiger partial charge in [-0.25, -0.2) is 19.2 Å². The van der Waals surface area contributed by atoms with Crippen LogP contribution < -0.4 is 11.0 Å². The average molecular weight is 570 g/mol. The van der Waals surface area contributed by atoms with E-state index in [4.69, 9.17) is 9.72 Å². The number of halogens is 1. The minimum Gasteiger partial charge on any atom is -0.383 e. The van der Waals surface area contributed by atoms with E-state index >= 15 is 4.39 Å². The van der Waals surface area contributed by atoms with Gasteiger partial charge in [-0.15, -0.1) is 0 Å². The first-order valence-corrected chi connectivity index (χ1v) is 14.0. The van der Waals surface area contributed by atoms with E-state index in [1.165, 1.54) is 6.07 Å². The lowest BCUT2D eigenvalue weighted by atomic mass is 10.0. The highest BCUT2D eigenvalue weighted by Crippen LogP contribution is 2.35. The quantitative estimate of drug-likeness (QED) is 0.326. The summed E-state index contributed by atoms with van der Waals surface area (Å²) in [6.45, 7) is 2.27. The van der Waals surface area contributed by atoms with Crippen molar-refractivity contribution in [3.63, 3.8) is 0 Å². The maximum absolute atomic E-state index is 15.8. The zero-order chi connectivity index (χ0) is 29.1. The van der Waals surface area contributed by atoms with Gasteiger partial charge in [0, 0.05) is 71.3 Å². The summed E-state index contributed by atoms with van der Waals surface area (Å²) >= 11 is 0. The first kappa shape index (κ1) is 26.2. The Labute approximate surface area is 240 Å². The number of aromatic nitrogens is 8. The van der Waals surface area contributed by atoms with Gasteiger partial charge in [-0.3, -0.25) is 18.4 Å². The number of ether oxygens (including phenoxy) is 1. The second-order valence-electron chi connectivity index (χ2n) is 11.1. The van der Waals surface area contributed by atoms with Crippen LogP contribution in [0.3, 0.4) is 0 Å². The van der Waals surface area contributed by atoms with E-state index < -0.39 is 0 Å². The lowest BCUT2D eigenvalue weighted by Gasteiger charge is -2.23. The normalized spacial score (nSPS) is 14.4. The molecular formula is C30H32FN9O2. The number of aryl methyl sites for hydroxylation is 4. The molecule has 0 bridgehead atoms. The molecule has 1 fully saturated rings. The van der Waals surface area contributed by atoms with Crippen LogP contribution in [0.2, 0.25) is 0 Å². The fraction of sp³-hybridized carbons (Fsp3) is 0.333. The van der Waals surface area contributed by atoms with Gasteiger partial charge in [0.05, 0.1) is 52.2 Å². The van der Waals surface area contributed by atoms with E-state index in [-0.39, 0.29) is 11.5 Å². The number of benzene rings is 2. The maximum Gasteiger partial charge on any atom is 0.328 e. The van der Waals surface area contributed by atoms with Crippen LogP contribution >= 0.6 is 0 Å². The Morgan fingerprint density at radius 2 is 1.83 bits per heavy atom. The lowest BCUT2D eigenvalue weighted by Crippen LogP contribution is -2.23. The molecule has 6 aromatic rings. The van der Waals surface area contributed by atoms with Gasteiger partial charge in [-0.05, 0) is 37.0 Å². The first-order chi connectivity index (χ1) is 20.3. The van der Waals surface area contributed by atoms with Crippen LogP contribution in [0, 0.1) is 11.7 Å². The number of fused-ring (bicyclic) bond motifs is 2. The molecule has 4 aromatic heterocycles. The number of rotatable bonds is 6. The monoisotopic (exact) mass is 569 g/mol. The molecule has 12 heteroatoms. The molecule has 1 saturated heterocycles. The molecule has 216 valence electrons. The molecule has 42 heavy (non-hydrogen) atoms. The SMILES string of the molecule is Cn1cc(-c2cc3nc(-c4cncn4C)n(-c4cc(NCC5CCOCC5)c5c(c4)n(C)c(=O)n5C)c3cc2F)cn1. The Bertz CT molecular complexity index is 2020. The summed E-state index contributed by atoms with van der Waals surface area (Å²) in [5.41, 5.74) is 6.15. The molecule has 0 unspecified atom stereocenters. The van der Waals surface area contributed by atoms with E-state index in [2.05, 4.69) is 15.4 Å². The van der Waals surface area contributed by atoms with E-state index in [1.807, 2.05) is 28.3 Å². The van der Waals surface area contributed by atoms with Crippen molar-refractivity contribution < 1.29 is 9.13 Å². The predicted molar refractivity (Wildman–Crippen MR) is 159 cm³/mol. The van der Waals surface area contributed by atoms with Gasteiger partial charge in [-0.1, -0.05) is 0 Å². The highest BCUT2D eigenvalue weighted by Gasteiger charge is 2.23. The summed E-state index contributed by atoms with van der Waals surface area (Å²) in [4.78, 5) is 22.4. The van der Waals surface area contributed by atoms with E-state index in [0.717, 1.165) is 60.7 Å². The van der Waals surface area contributed by atoms with Gasteiger partial charge in [0.15, 0.2) is 5.82 Å². The Kier molecular flexibility index (Phi) is 6.23. The molecule has 0 spiro atoms. The van der Waals surface area contributed by atoms with E-state index in [1.54, 1.807) is 65.9 Å². The van der Waals surface area contributed by atoms with Gasteiger partial charge in [0.1, 0.15) is 11.5 Å². The smallest absolute Gasteiger partial charge is 0.328 e. The molecule has 5 heterocycles. The number of anilines is 1. The Morgan fingerprint density at radius 1 is 1.02 bits per heavy atom. The summed E-state index contributed by atoms with van der Waals surface area (Å²) in [7, 11) is 7.26. The molecule has 1 N–H and O–H groups in total. The van der Waals surface area contributed by atoms with Crippen molar-refractivity contribution >= 4 is 27.8 Å². The molecule has 0 saturated carbocycles. The summed E-state index contributed by atoms with van der Waals surface area (Å²) in [5.74, 6) is 0.708. The minimum atomic E-state index is -0.376. The molecule has 1 aliphatic rings. The van der Waals surface area contributed by atoms with Crippen molar-refractivity contribution in [2.24, 2.45) is 34.1 Å². The van der Waals surface area contributed by atoms with Crippen LogP contribution in [0.1, 0.15) is 12.8 Å². The van der Waals surface area contributed by atoms with Crippen LogP contribution in [0.4, 0.5) is 10.1 Å². The van der Waals surface area contributed by atoms with Crippen molar-refractivity contribution in [3.05, 3.63) is 65.5 Å². The largest absolute Gasteiger partial charge is 0.383 e. The zero-order valence-corrected chi connectivity index (χ0v) is 24.0. The van der Waals surface area contributed by atoms with Crippen molar-refractivity contribution in [1.29, 1.82) is 0 Å². The third-order valence-corrected chi connectivity index (χ3v) is 8.33. The molecule has 0 aliphatic carbocycles. The highest BCUT2D eigenvalue weighted by molar-refractivity contribution is 5.94. The molecule has 1 aliphatic heterocycles. The topological polar surface area (TPSA) is 102 Å². The van der Waals surface area contributed by atoms with E-state index in [9.17, 15) is 4.79 Å². The van der Waals surface area contributed by atoms with Crippen molar-refractivity contribution in [3.8, 4) is 28.3 Å².